The summed E-state index contributed by atoms with van der Waals surface area (Å²) in [6.45, 7) is 4.02. The molecule has 7 nitrogen and oxygen atoms in total. The minimum absolute atomic E-state index is 0.0361. The molecule has 1 aliphatic carbocycles. The lowest BCUT2D eigenvalue weighted by atomic mass is 10.0. The lowest BCUT2D eigenvalue weighted by Gasteiger charge is -2.18. The van der Waals surface area contributed by atoms with Gasteiger partial charge in [-0.2, -0.15) is 0 Å². The summed E-state index contributed by atoms with van der Waals surface area (Å²) in [4.78, 5) is 35.0. The van der Waals surface area contributed by atoms with Gasteiger partial charge in [-0.3, -0.25) is 4.79 Å². The van der Waals surface area contributed by atoms with Gasteiger partial charge in [0.05, 0.1) is 5.39 Å². The summed E-state index contributed by atoms with van der Waals surface area (Å²) in [6, 6.07) is 3.68. The van der Waals surface area contributed by atoms with E-state index in [1.165, 1.54) is 0 Å². The normalized spacial score (nSPS) is 13.9. The summed E-state index contributed by atoms with van der Waals surface area (Å²) >= 11 is 0. The topological polar surface area (TPSA) is 109 Å². The Labute approximate surface area is 169 Å². The Bertz CT molecular complexity index is 977. The number of aliphatic carboxylic acids is 1. The van der Waals surface area contributed by atoms with Crippen LogP contribution >= 0.6 is 0 Å². The molecule has 0 spiro atoms. The summed E-state index contributed by atoms with van der Waals surface area (Å²) in [6.07, 6.45) is 3.66. The molecule has 29 heavy (non-hydrogen) atoms. The molecule has 0 saturated carbocycles. The number of hydrogen-bond donors (Lipinski definition) is 1. The van der Waals surface area contributed by atoms with Crippen molar-refractivity contribution in [1.82, 2.24) is 5.32 Å². The van der Waals surface area contributed by atoms with Gasteiger partial charge in [0, 0.05) is 18.1 Å². The van der Waals surface area contributed by atoms with Gasteiger partial charge in [-0.15, -0.1) is 0 Å². The van der Waals surface area contributed by atoms with Crippen LogP contribution in [0.5, 0.6) is 5.75 Å². The Morgan fingerprint density at radius 2 is 1.97 bits per heavy atom. The summed E-state index contributed by atoms with van der Waals surface area (Å²) in [7, 11) is 0. The minimum Gasteiger partial charge on any atom is -0.550 e. The van der Waals surface area contributed by atoms with Crippen LogP contribution < -0.4 is 20.8 Å². The number of amides is 1. The first-order valence-electron chi connectivity index (χ1n) is 10.1. The van der Waals surface area contributed by atoms with Crippen LogP contribution in [-0.4, -0.2) is 24.5 Å². The fraction of sp³-hybridized carbons (Fsp3) is 0.500. The van der Waals surface area contributed by atoms with Gasteiger partial charge >= 0.3 is 5.63 Å². The number of hydrogen-bond acceptors (Lipinski definition) is 6. The predicted molar refractivity (Wildman–Crippen MR) is 106 cm³/mol. The highest BCUT2D eigenvalue weighted by Crippen LogP contribution is 2.35. The fourth-order valence-electron chi connectivity index (χ4n) is 3.77. The average Bonchev–Trinajstić information content (AvgIpc) is 3.14. The largest absolute Gasteiger partial charge is 0.550 e. The zero-order valence-electron chi connectivity index (χ0n) is 16.8. The van der Waals surface area contributed by atoms with Gasteiger partial charge in [-0.1, -0.05) is 6.42 Å². The zero-order chi connectivity index (χ0) is 21.0. The molecule has 1 aromatic heterocycles. The third-order valence-corrected chi connectivity index (χ3v) is 5.21. The van der Waals surface area contributed by atoms with Crippen molar-refractivity contribution in [2.24, 2.45) is 0 Å². The van der Waals surface area contributed by atoms with Crippen molar-refractivity contribution in [2.45, 2.75) is 64.9 Å². The van der Waals surface area contributed by atoms with Crippen LogP contribution in [0.3, 0.4) is 0 Å². The Balaban J connectivity index is 1.68. The lowest BCUT2D eigenvalue weighted by Crippen LogP contribution is -2.36. The third kappa shape index (κ3) is 4.96. The number of carboxylic acid groups (broad SMARTS) is 1. The van der Waals surface area contributed by atoms with Gasteiger partial charge in [0.25, 0.3) is 5.91 Å². The standard InChI is InChI=1S/C22H27NO6/c1-13-11-17(20-15-7-6-8-16(15)22(27)29-18(20)12-13)28-14(2)21(26)23-10-5-3-4-9-19(24)25/h11-12,14H,3-10H2,1-2H3,(H,23,26)(H,24,25)/p-1/t14-/m0/s1. The van der Waals surface area contributed by atoms with E-state index in [2.05, 4.69) is 5.32 Å². The Kier molecular flexibility index (Phi) is 6.56. The molecule has 0 unspecified atom stereocenters. The average molecular weight is 400 g/mol. The van der Waals surface area contributed by atoms with Crippen LogP contribution in [0.4, 0.5) is 0 Å². The number of ether oxygens (including phenoxy) is 1. The number of unbranched alkanes of at least 4 members (excludes halogenated alkanes) is 2. The predicted octanol–water partition coefficient (Wildman–Crippen LogP) is 1.78. The number of carbonyl (C=O) groups is 2. The fourth-order valence-corrected chi connectivity index (χ4v) is 3.77. The van der Waals surface area contributed by atoms with E-state index in [9.17, 15) is 19.5 Å². The van der Waals surface area contributed by atoms with Gasteiger partial charge in [-0.05, 0) is 75.6 Å². The van der Waals surface area contributed by atoms with E-state index in [4.69, 9.17) is 9.15 Å². The van der Waals surface area contributed by atoms with Gasteiger partial charge in [-0.25, -0.2) is 4.79 Å². The summed E-state index contributed by atoms with van der Waals surface area (Å²) < 4.78 is 11.5. The van der Waals surface area contributed by atoms with E-state index < -0.39 is 12.1 Å². The zero-order valence-corrected chi connectivity index (χ0v) is 16.8. The molecule has 1 aliphatic rings. The van der Waals surface area contributed by atoms with Crippen molar-refractivity contribution in [3.8, 4) is 5.75 Å². The highest BCUT2D eigenvalue weighted by atomic mass is 16.5. The van der Waals surface area contributed by atoms with E-state index in [0.29, 0.717) is 49.1 Å². The molecule has 0 aliphatic heterocycles. The number of nitrogens with one attached hydrogen (secondary N) is 1. The molecule has 1 atom stereocenters. The van der Waals surface area contributed by atoms with Crippen molar-refractivity contribution >= 4 is 22.8 Å². The number of carboxylic acids is 1. The summed E-state index contributed by atoms with van der Waals surface area (Å²) in [5.41, 5.74) is 2.76. The van der Waals surface area contributed by atoms with E-state index >= 15 is 0 Å². The monoisotopic (exact) mass is 400 g/mol. The van der Waals surface area contributed by atoms with Crippen LogP contribution in [0.25, 0.3) is 11.0 Å². The highest BCUT2D eigenvalue weighted by molar-refractivity contribution is 5.89. The SMILES string of the molecule is Cc1cc(O[C@@H](C)C(=O)NCCCCCC(=O)[O-])c2c3c(c(=O)oc2c1)CCC3. The molecule has 0 radical (unpaired) electrons. The number of benzene rings is 1. The molecule has 0 bridgehead atoms. The van der Waals surface area contributed by atoms with Crippen LogP contribution in [0.2, 0.25) is 0 Å². The highest BCUT2D eigenvalue weighted by Gasteiger charge is 2.24. The molecule has 1 heterocycles. The quantitative estimate of drug-likeness (QED) is 0.508. The Morgan fingerprint density at radius 3 is 2.72 bits per heavy atom. The maximum atomic E-state index is 12.4. The second-order valence-electron chi connectivity index (χ2n) is 7.57. The molecular weight excluding hydrogens is 374 g/mol. The number of fused-ring (bicyclic) bond motifs is 3. The molecule has 2 aromatic rings. The maximum absolute atomic E-state index is 12.4. The second kappa shape index (κ2) is 9.11. The molecule has 1 N–H and O–H groups in total. The van der Waals surface area contributed by atoms with Gasteiger partial charge in [0.1, 0.15) is 11.3 Å². The van der Waals surface area contributed by atoms with E-state index in [1.807, 2.05) is 19.1 Å². The molecule has 7 heteroatoms. The molecule has 3 rings (SSSR count). The van der Waals surface area contributed by atoms with Crippen LogP contribution in [-0.2, 0) is 22.4 Å². The lowest BCUT2D eigenvalue weighted by molar-refractivity contribution is -0.305. The van der Waals surface area contributed by atoms with Crippen molar-refractivity contribution in [2.75, 3.05) is 6.54 Å². The Morgan fingerprint density at radius 1 is 1.21 bits per heavy atom. The number of carbonyl (C=O) groups excluding carboxylic acids is 2. The Hall–Kier alpha value is -2.83. The molecule has 1 aromatic carbocycles. The smallest absolute Gasteiger partial charge is 0.339 e. The van der Waals surface area contributed by atoms with Gasteiger partial charge in [0.2, 0.25) is 0 Å². The van der Waals surface area contributed by atoms with E-state index in [1.54, 1.807) is 6.92 Å². The van der Waals surface area contributed by atoms with Gasteiger partial charge in [0.15, 0.2) is 6.10 Å². The van der Waals surface area contributed by atoms with Crippen molar-refractivity contribution in [3.05, 3.63) is 39.2 Å². The molecular formula is C22H26NO6-. The molecule has 0 fully saturated rings. The van der Waals surface area contributed by atoms with E-state index in [-0.39, 0.29) is 18.0 Å². The van der Waals surface area contributed by atoms with Crippen molar-refractivity contribution in [1.29, 1.82) is 0 Å². The molecule has 0 saturated heterocycles. The first-order chi connectivity index (χ1) is 13.9. The third-order valence-electron chi connectivity index (χ3n) is 5.21. The van der Waals surface area contributed by atoms with Crippen LogP contribution in [0.15, 0.2) is 21.3 Å². The summed E-state index contributed by atoms with van der Waals surface area (Å²) in [5.74, 6) is -0.740. The van der Waals surface area contributed by atoms with Crippen LogP contribution in [0.1, 0.15) is 55.7 Å². The minimum atomic E-state index is -1.05. The molecule has 156 valence electrons. The van der Waals surface area contributed by atoms with Gasteiger partial charge < -0.3 is 24.4 Å². The number of aryl methyl sites for hydroxylation is 2. The number of rotatable bonds is 9. The van der Waals surface area contributed by atoms with Crippen molar-refractivity contribution < 1.29 is 23.8 Å². The van der Waals surface area contributed by atoms with Crippen molar-refractivity contribution in [3.63, 3.8) is 0 Å². The van der Waals surface area contributed by atoms with Crippen LogP contribution in [0, 0.1) is 6.92 Å². The molecule has 1 amide bonds. The van der Waals surface area contributed by atoms with E-state index in [0.717, 1.165) is 29.4 Å². The first-order valence-corrected chi connectivity index (χ1v) is 10.1. The summed E-state index contributed by atoms with van der Waals surface area (Å²) in [5, 5.41) is 14.0. The maximum Gasteiger partial charge on any atom is 0.339 e. The second-order valence-corrected chi connectivity index (χ2v) is 7.57. The first kappa shape index (κ1) is 20.9.